The molecule has 5 nitrogen and oxygen atoms in total. The van der Waals surface area contributed by atoms with Gasteiger partial charge in [0.2, 0.25) is 5.91 Å². The molecule has 0 saturated carbocycles. The van der Waals surface area contributed by atoms with Crippen molar-refractivity contribution >= 4 is 11.9 Å². The fourth-order valence-electron chi connectivity index (χ4n) is 3.13. The third kappa shape index (κ3) is 3.02. The fourth-order valence-corrected chi connectivity index (χ4v) is 3.13. The zero-order chi connectivity index (χ0) is 13.2. The van der Waals surface area contributed by atoms with Crippen LogP contribution in [0.5, 0.6) is 0 Å². The first-order chi connectivity index (χ1) is 8.51. The maximum atomic E-state index is 11.3. The van der Waals surface area contributed by atoms with E-state index >= 15 is 0 Å². The van der Waals surface area contributed by atoms with Gasteiger partial charge in [-0.05, 0) is 31.6 Å². The number of rotatable bonds is 2. The maximum absolute atomic E-state index is 11.3. The summed E-state index contributed by atoms with van der Waals surface area (Å²) in [7, 11) is 0. The summed E-state index contributed by atoms with van der Waals surface area (Å²) in [5.41, 5.74) is -0.176. The number of aliphatic carboxylic acids is 1. The molecule has 0 bridgehead atoms. The SMILES string of the molecule is CC(=O)N1CCC2(CC1)C[C@@H](CC(=O)O)CCO2. The van der Waals surface area contributed by atoms with Crippen LogP contribution >= 0.6 is 0 Å². The summed E-state index contributed by atoms with van der Waals surface area (Å²) in [6.45, 7) is 3.70. The number of amides is 1. The molecule has 0 aromatic heterocycles. The van der Waals surface area contributed by atoms with E-state index in [1.165, 1.54) is 0 Å². The quantitative estimate of drug-likeness (QED) is 0.807. The Hall–Kier alpha value is -1.10. The molecule has 5 heteroatoms. The Morgan fingerprint density at radius 2 is 2.06 bits per heavy atom. The van der Waals surface area contributed by atoms with Gasteiger partial charge in [0.1, 0.15) is 0 Å². The third-order valence-electron chi connectivity index (χ3n) is 4.18. The summed E-state index contributed by atoms with van der Waals surface area (Å²) in [6.07, 6.45) is 3.57. The molecule has 102 valence electrons. The minimum atomic E-state index is -0.724. The van der Waals surface area contributed by atoms with Crippen LogP contribution in [0.1, 0.15) is 39.0 Å². The van der Waals surface area contributed by atoms with E-state index in [1.807, 2.05) is 4.90 Å². The predicted molar refractivity (Wildman–Crippen MR) is 65.1 cm³/mol. The standard InChI is InChI=1S/C13H21NO4/c1-10(15)14-5-3-13(4-6-14)9-11(2-7-18-13)8-12(16)17/h11H,2-9H2,1H3,(H,16,17)/t11-/m1/s1. The number of carbonyl (C=O) groups is 2. The molecule has 0 radical (unpaired) electrons. The zero-order valence-electron chi connectivity index (χ0n) is 10.9. The van der Waals surface area contributed by atoms with Gasteiger partial charge in [-0.15, -0.1) is 0 Å². The van der Waals surface area contributed by atoms with Crippen molar-refractivity contribution < 1.29 is 19.4 Å². The highest BCUT2D eigenvalue weighted by Gasteiger charge is 2.41. The molecule has 0 unspecified atom stereocenters. The normalized spacial score (nSPS) is 27.2. The van der Waals surface area contributed by atoms with E-state index < -0.39 is 5.97 Å². The minimum absolute atomic E-state index is 0.114. The van der Waals surface area contributed by atoms with Crippen LogP contribution in [0.2, 0.25) is 0 Å². The molecule has 1 amide bonds. The molecule has 0 aromatic carbocycles. The van der Waals surface area contributed by atoms with Crippen LogP contribution in [-0.4, -0.2) is 47.2 Å². The lowest BCUT2D eigenvalue weighted by molar-refractivity contribution is -0.150. The van der Waals surface area contributed by atoms with E-state index in [4.69, 9.17) is 9.84 Å². The van der Waals surface area contributed by atoms with E-state index in [-0.39, 0.29) is 23.8 Å². The topological polar surface area (TPSA) is 66.8 Å². The summed E-state index contributed by atoms with van der Waals surface area (Å²) < 4.78 is 5.92. The number of likely N-dealkylation sites (tertiary alicyclic amines) is 1. The largest absolute Gasteiger partial charge is 0.481 e. The Bertz CT molecular complexity index is 334. The van der Waals surface area contributed by atoms with Gasteiger partial charge >= 0.3 is 5.97 Å². The number of nitrogens with zero attached hydrogens (tertiary/aromatic N) is 1. The lowest BCUT2D eigenvalue weighted by atomic mass is 9.78. The number of piperidine rings is 1. The number of carbonyl (C=O) groups excluding carboxylic acids is 1. The molecule has 1 atom stereocenters. The highest BCUT2D eigenvalue weighted by Crippen LogP contribution is 2.38. The van der Waals surface area contributed by atoms with Gasteiger partial charge in [-0.2, -0.15) is 0 Å². The maximum Gasteiger partial charge on any atom is 0.303 e. The Morgan fingerprint density at radius 1 is 1.39 bits per heavy atom. The average Bonchev–Trinajstić information content (AvgIpc) is 2.28. The number of ether oxygens (including phenoxy) is 1. The first-order valence-electron chi connectivity index (χ1n) is 6.62. The van der Waals surface area contributed by atoms with Crippen LogP contribution in [0.25, 0.3) is 0 Å². The molecule has 0 aromatic rings. The lowest BCUT2D eigenvalue weighted by Gasteiger charge is -2.46. The van der Waals surface area contributed by atoms with E-state index in [9.17, 15) is 9.59 Å². The summed E-state index contributed by atoms with van der Waals surface area (Å²) in [5.74, 6) is -0.388. The van der Waals surface area contributed by atoms with Crippen LogP contribution in [0.15, 0.2) is 0 Å². The van der Waals surface area contributed by atoms with Gasteiger partial charge in [0.25, 0.3) is 0 Å². The highest BCUT2D eigenvalue weighted by atomic mass is 16.5. The summed E-state index contributed by atoms with van der Waals surface area (Å²) in [4.78, 5) is 23.9. The zero-order valence-corrected chi connectivity index (χ0v) is 10.9. The van der Waals surface area contributed by atoms with Crippen LogP contribution < -0.4 is 0 Å². The van der Waals surface area contributed by atoms with Crippen molar-refractivity contribution in [1.29, 1.82) is 0 Å². The van der Waals surface area contributed by atoms with Gasteiger partial charge in [0.15, 0.2) is 0 Å². The monoisotopic (exact) mass is 255 g/mol. The van der Waals surface area contributed by atoms with Crippen LogP contribution in [-0.2, 0) is 14.3 Å². The first-order valence-corrected chi connectivity index (χ1v) is 6.62. The Kier molecular flexibility index (Phi) is 3.90. The van der Waals surface area contributed by atoms with E-state index in [0.29, 0.717) is 6.61 Å². The molecule has 2 aliphatic rings. The second-order valence-corrected chi connectivity index (χ2v) is 5.49. The van der Waals surface area contributed by atoms with Gasteiger partial charge in [-0.1, -0.05) is 0 Å². The van der Waals surface area contributed by atoms with Crippen molar-refractivity contribution in [2.75, 3.05) is 19.7 Å². The van der Waals surface area contributed by atoms with E-state index in [1.54, 1.807) is 6.92 Å². The molecule has 1 spiro atoms. The molecule has 2 heterocycles. The van der Waals surface area contributed by atoms with Gasteiger partial charge in [0, 0.05) is 33.0 Å². The fraction of sp³-hybridized carbons (Fsp3) is 0.846. The molecule has 2 saturated heterocycles. The average molecular weight is 255 g/mol. The molecule has 2 fully saturated rings. The van der Waals surface area contributed by atoms with Gasteiger partial charge in [-0.3, -0.25) is 9.59 Å². The summed E-state index contributed by atoms with van der Waals surface area (Å²) in [5, 5.41) is 8.87. The lowest BCUT2D eigenvalue weighted by Crippen LogP contribution is -2.50. The van der Waals surface area contributed by atoms with E-state index in [0.717, 1.165) is 38.8 Å². The predicted octanol–water partition coefficient (Wildman–Crippen LogP) is 1.27. The van der Waals surface area contributed by atoms with Crippen LogP contribution in [0, 0.1) is 5.92 Å². The molecule has 2 aliphatic heterocycles. The smallest absolute Gasteiger partial charge is 0.303 e. The number of carboxylic acids is 1. The van der Waals surface area contributed by atoms with Crippen molar-refractivity contribution in [2.45, 2.75) is 44.6 Å². The highest BCUT2D eigenvalue weighted by molar-refractivity contribution is 5.73. The van der Waals surface area contributed by atoms with Crippen molar-refractivity contribution in [3.8, 4) is 0 Å². The summed E-state index contributed by atoms with van der Waals surface area (Å²) in [6, 6.07) is 0. The Labute approximate surface area is 107 Å². The molecule has 2 rings (SSSR count). The second kappa shape index (κ2) is 5.26. The number of hydrogen-bond donors (Lipinski definition) is 1. The van der Waals surface area contributed by atoms with Crippen molar-refractivity contribution in [3.63, 3.8) is 0 Å². The van der Waals surface area contributed by atoms with Crippen molar-refractivity contribution in [1.82, 2.24) is 4.90 Å². The van der Waals surface area contributed by atoms with E-state index in [2.05, 4.69) is 0 Å². The number of carboxylic acid groups (broad SMARTS) is 1. The summed E-state index contributed by atoms with van der Waals surface area (Å²) >= 11 is 0. The Balaban J connectivity index is 1.92. The first kappa shape index (κ1) is 13.3. The minimum Gasteiger partial charge on any atom is -0.481 e. The van der Waals surface area contributed by atoms with Crippen molar-refractivity contribution in [3.05, 3.63) is 0 Å². The van der Waals surface area contributed by atoms with Gasteiger partial charge < -0.3 is 14.7 Å². The molecule has 18 heavy (non-hydrogen) atoms. The van der Waals surface area contributed by atoms with Crippen LogP contribution in [0.3, 0.4) is 0 Å². The van der Waals surface area contributed by atoms with Gasteiger partial charge in [-0.25, -0.2) is 0 Å². The van der Waals surface area contributed by atoms with Crippen LogP contribution in [0.4, 0.5) is 0 Å². The molecule has 1 N–H and O–H groups in total. The van der Waals surface area contributed by atoms with Crippen molar-refractivity contribution in [2.24, 2.45) is 5.92 Å². The number of hydrogen-bond acceptors (Lipinski definition) is 3. The molecule has 0 aliphatic carbocycles. The third-order valence-corrected chi connectivity index (χ3v) is 4.18. The van der Waals surface area contributed by atoms with Gasteiger partial charge in [0.05, 0.1) is 5.60 Å². The molecular formula is C13H21NO4. The molecular weight excluding hydrogens is 234 g/mol. The Morgan fingerprint density at radius 3 is 2.61 bits per heavy atom. The second-order valence-electron chi connectivity index (χ2n) is 5.49.